The molecular formula is C18H11F4N3O3. The van der Waals surface area contributed by atoms with Gasteiger partial charge in [-0.3, -0.25) is 9.59 Å². The van der Waals surface area contributed by atoms with E-state index in [0.717, 1.165) is 30.5 Å². The first kappa shape index (κ1) is 19.1. The molecule has 2 aromatic carbocycles. The van der Waals surface area contributed by atoms with Crippen molar-refractivity contribution in [1.29, 1.82) is 0 Å². The quantitative estimate of drug-likeness (QED) is 0.671. The van der Waals surface area contributed by atoms with E-state index in [4.69, 9.17) is 0 Å². The molecule has 0 saturated carbocycles. The monoisotopic (exact) mass is 393 g/mol. The maximum Gasteiger partial charge on any atom is 0.416 e. The molecule has 0 aliphatic carbocycles. The largest absolute Gasteiger partial charge is 0.416 e. The maximum absolute atomic E-state index is 13.1. The van der Waals surface area contributed by atoms with E-state index in [0.29, 0.717) is 10.6 Å². The zero-order valence-corrected chi connectivity index (χ0v) is 13.9. The molecule has 3 rings (SSSR count). The third-order valence-electron chi connectivity index (χ3n) is 3.75. The Morgan fingerprint density at radius 3 is 2.36 bits per heavy atom. The molecule has 0 saturated heterocycles. The van der Waals surface area contributed by atoms with Gasteiger partial charge in [0.2, 0.25) is 0 Å². The topological polar surface area (TPSA) is 84.0 Å². The molecule has 1 heterocycles. The van der Waals surface area contributed by atoms with Crippen molar-refractivity contribution in [2.75, 3.05) is 5.32 Å². The number of halogens is 4. The second-order valence-corrected chi connectivity index (χ2v) is 5.66. The van der Waals surface area contributed by atoms with Gasteiger partial charge < -0.3 is 10.3 Å². The normalized spacial score (nSPS) is 11.3. The minimum atomic E-state index is -4.60. The number of nitrogens with zero attached hydrogens (tertiary/aromatic N) is 1. The number of amides is 1. The summed E-state index contributed by atoms with van der Waals surface area (Å²) in [4.78, 5) is 39.1. The zero-order valence-electron chi connectivity index (χ0n) is 13.9. The van der Waals surface area contributed by atoms with E-state index >= 15 is 0 Å². The van der Waals surface area contributed by atoms with Crippen LogP contribution >= 0.6 is 0 Å². The number of aromatic nitrogens is 2. The Labute approximate surface area is 154 Å². The van der Waals surface area contributed by atoms with Crippen LogP contribution in [0.25, 0.3) is 5.69 Å². The van der Waals surface area contributed by atoms with Crippen LogP contribution in [0.3, 0.4) is 0 Å². The van der Waals surface area contributed by atoms with Gasteiger partial charge in [0.05, 0.1) is 11.3 Å². The molecule has 0 aliphatic rings. The van der Waals surface area contributed by atoms with Crippen LogP contribution in [0.5, 0.6) is 0 Å². The van der Waals surface area contributed by atoms with Crippen LogP contribution in [0.1, 0.15) is 15.9 Å². The predicted octanol–water partition coefficient (Wildman–Crippen LogP) is 2.94. The van der Waals surface area contributed by atoms with Gasteiger partial charge in [0.1, 0.15) is 11.4 Å². The minimum absolute atomic E-state index is 0.0152. The fourth-order valence-corrected chi connectivity index (χ4v) is 2.43. The zero-order chi connectivity index (χ0) is 20.5. The summed E-state index contributed by atoms with van der Waals surface area (Å²) in [6.07, 6.45) is -3.75. The molecule has 144 valence electrons. The van der Waals surface area contributed by atoms with Crippen molar-refractivity contribution >= 4 is 11.6 Å². The Morgan fingerprint density at radius 2 is 1.71 bits per heavy atom. The van der Waals surface area contributed by atoms with Crippen molar-refractivity contribution in [3.63, 3.8) is 0 Å². The van der Waals surface area contributed by atoms with Gasteiger partial charge in [-0.1, -0.05) is 6.07 Å². The number of benzene rings is 2. The number of alkyl halides is 3. The number of carbonyl (C=O) groups is 1. The smallest absolute Gasteiger partial charge is 0.322 e. The number of aromatic amines is 1. The van der Waals surface area contributed by atoms with Gasteiger partial charge in [-0.2, -0.15) is 13.2 Å². The summed E-state index contributed by atoms with van der Waals surface area (Å²) in [6.45, 7) is 0. The van der Waals surface area contributed by atoms with Crippen LogP contribution in [0.15, 0.2) is 64.3 Å². The molecule has 3 aromatic rings. The summed E-state index contributed by atoms with van der Waals surface area (Å²) in [5, 5.41) is 2.18. The van der Waals surface area contributed by atoms with Gasteiger partial charge in [-0.05, 0) is 42.5 Å². The molecule has 0 atom stereocenters. The van der Waals surface area contributed by atoms with E-state index in [1.54, 1.807) is 0 Å². The molecule has 0 bridgehead atoms. The lowest BCUT2D eigenvalue weighted by Gasteiger charge is -2.10. The Kier molecular flexibility index (Phi) is 4.87. The second kappa shape index (κ2) is 7.14. The maximum atomic E-state index is 13.1. The highest BCUT2D eigenvalue weighted by molar-refractivity contribution is 6.03. The van der Waals surface area contributed by atoms with Crippen LogP contribution in [-0.2, 0) is 6.18 Å². The van der Waals surface area contributed by atoms with E-state index in [1.807, 2.05) is 0 Å². The van der Waals surface area contributed by atoms with Crippen LogP contribution in [0.4, 0.5) is 23.2 Å². The van der Waals surface area contributed by atoms with Crippen LogP contribution in [0, 0.1) is 5.82 Å². The van der Waals surface area contributed by atoms with Crippen molar-refractivity contribution in [2.45, 2.75) is 6.18 Å². The van der Waals surface area contributed by atoms with Crippen LogP contribution < -0.4 is 16.6 Å². The van der Waals surface area contributed by atoms with E-state index in [1.165, 1.54) is 18.2 Å². The molecule has 2 N–H and O–H groups in total. The number of rotatable bonds is 3. The fraction of sp³-hybridized carbons (Fsp3) is 0.0556. The first-order valence-electron chi connectivity index (χ1n) is 7.76. The van der Waals surface area contributed by atoms with E-state index in [-0.39, 0.29) is 11.4 Å². The third-order valence-corrected chi connectivity index (χ3v) is 3.75. The predicted molar refractivity (Wildman–Crippen MR) is 92.0 cm³/mol. The van der Waals surface area contributed by atoms with Gasteiger partial charge in [-0.25, -0.2) is 13.8 Å². The number of hydrogen-bond acceptors (Lipinski definition) is 3. The Morgan fingerprint density at radius 1 is 1.04 bits per heavy atom. The van der Waals surface area contributed by atoms with E-state index < -0.39 is 40.3 Å². The van der Waals surface area contributed by atoms with Crippen LogP contribution in [-0.4, -0.2) is 15.5 Å². The van der Waals surface area contributed by atoms with E-state index in [2.05, 4.69) is 10.3 Å². The summed E-state index contributed by atoms with van der Waals surface area (Å²) < 4.78 is 52.0. The molecule has 0 unspecified atom stereocenters. The number of hydrogen-bond donors (Lipinski definition) is 2. The van der Waals surface area contributed by atoms with Crippen molar-refractivity contribution in [3.05, 3.63) is 92.5 Å². The molecule has 28 heavy (non-hydrogen) atoms. The Hall–Kier alpha value is -3.69. The molecule has 0 radical (unpaired) electrons. The SMILES string of the molecule is O=C(Nc1cccc(C(F)(F)F)c1)c1c[nH]c(=O)n(-c2ccc(F)cc2)c1=O. The molecule has 0 aliphatic heterocycles. The Balaban J connectivity index is 1.98. The first-order chi connectivity index (χ1) is 13.2. The lowest BCUT2D eigenvalue weighted by atomic mass is 10.2. The minimum Gasteiger partial charge on any atom is -0.322 e. The number of H-pyrrole nitrogens is 1. The second-order valence-electron chi connectivity index (χ2n) is 5.66. The first-order valence-corrected chi connectivity index (χ1v) is 7.76. The third kappa shape index (κ3) is 3.85. The van der Waals surface area contributed by atoms with Crippen molar-refractivity contribution < 1.29 is 22.4 Å². The van der Waals surface area contributed by atoms with Crippen molar-refractivity contribution in [1.82, 2.24) is 9.55 Å². The summed E-state index contributed by atoms with van der Waals surface area (Å²) in [7, 11) is 0. The van der Waals surface area contributed by atoms with Gasteiger partial charge >= 0.3 is 11.9 Å². The average Bonchev–Trinajstić information content (AvgIpc) is 2.63. The molecule has 0 spiro atoms. The summed E-state index contributed by atoms with van der Waals surface area (Å²) in [5.74, 6) is -1.61. The summed E-state index contributed by atoms with van der Waals surface area (Å²) >= 11 is 0. The highest BCUT2D eigenvalue weighted by atomic mass is 19.4. The summed E-state index contributed by atoms with van der Waals surface area (Å²) in [5.41, 5.74) is -3.54. The highest BCUT2D eigenvalue weighted by Crippen LogP contribution is 2.30. The van der Waals surface area contributed by atoms with Crippen molar-refractivity contribution in [3.8, 4) is 5.69 Å². The number of carbonyl (C=O) groups excluding carboxylic acids is 1. The highest BCUT2D eigenvalue weighted by Gasteiger charge is 2.30. The molecule has 10 heteroatoms. The molecule has 1 aromatic heterocycles. The Bertz CT molecular complexity index is 1150. The molecular weight excluding hydrogens is 382 g/mol. The molecule has 6 nitrogen and oxygen atoms in total. The fourth-order valence-electron chi connectivity index (χ4n) is 2.43. The lowest BCUT2D eigenvalue weighted by molar-refractivity contribution is -0.137. The average molecular weight is 393 g/mol. The molecule has 0 fully saturated rings. The van der Waals surface area contributed by atoms with Gasteiger partial charge in [-0.15, -0.1) is 0 Å². The number of anilines is 1. The summed E-state index contributed by atoms with van der Waals surface area (Å²) in [6, 6.07) is 8.24. The van der Waals surface area contributed by atoms with Crippen LogP contribution in [0.2, 0.25) is 0 Å². The van der Waals surface area contributed by atoms with E-state index in [9.17, 15) is 31.9 Å². The van der Waals surface area contributed by atoms with Gasteiger partial charge in [0.15, 0.2) is 0 Å². The van der Waals surface area contributed by atoms with Gasteiger partial charge in [0, 0.05) is 11.9 Å². The van der Waals surface area contributed by atoms with Gasteiger partial charge in [0.25, 0.3) is 11.5 Å². The number of nitrogens with one attached hydrogen (secondary N) is 2. The standard InChI is InChI=1S/C18H11F4N3O3/c19-11-4-6-13(7-5-11)25-16(27)14(9-23-17(25)28)15(26)24-12-3-1-2-10(8-12)18(20,21)22/h1-9H,(H,23,28)(H,24,26). The van der Waals surface area contributed by atoms with Crippen molar-refractivity contribution in [2.24, 2.45) is 0 Å². The lowest BCUT2D eigenvalue weighted by Crippen LogP contribution is -2.38. The molecule has 1 amide bonds.